The standard InChI is InChI=1S/C22H25ClN8O3/c1-5-30(6-2)22-27-20(25-16-9-7-14(3)17(23)12-16)26-21(28-22)29-24-13-15-8-10-19(34-4)18(11-15)31(32)33/h7-13H,5-6H2,1-4H3,(H2,25,26,27,28,29)/b24-13-. The highest BCUT2D eigenvalue weighted by Crippen LogP contribution is 2.27. The highest BCUT2D eigenvalue weighted by Gasteiger charge is 2.15. The first-order valence-electron chi connectivity index (χ1n) is 10.5. The number of rotatable bonds is 10. The van der Waals surface area contributed by atoms with Crippen molar-refractivity contribution < 1.29 is 9.66 Å². The number of aryl methyl sites for hydroxylation is 1. The Balaban J connectivity index is 1.87. The zero-order chi connectivity index (χ0) is 24.7. The minimum absolute atomic E-state index is 0.154. The lowest BCUT2D eigenvalue weighted by Gasteiger charge is -2.19. The summed E-state index contributed by atoms with van der Waals surface area (Å²) in [6, 6.07) is 10.1. The lowest BCUT2D eigenvalue weighted by atomic mass is 10.2. The van der Waals surface area contributed by atoms with Crippen LogP contribution in [0, 0.1) is 17.0 Å². The van der Waals surface area contributed by atoms with Gasteiger partial charge in [0.15, 0.2) is 5.75 Å². The number of nitro benzene ring substituents is 1. The van der Waals surface area contributed by atoms with E-state index in [2.05, 4.69) is 30.8 Å². The van der Waals surface area contributed by atoms with Gasteiger partial charge in [0.2, 0.25) is 17.8 Å². The van der Waals surface area contributed by atoms with E-state index in [9.17, 15) is 10.1 Å². The number of hydrogen-bond acceptors (Lipinski definition) is 10. The van der Waals surface area contributed by atoms with Crippen molar-refractivity contribution in [2.24, 2.45) is 5.10 Å². The molecule has 0 radical (unpaired) electrons. The molecule has 0 unspecified atom stereocenters. The average Bonchev–Trinajstić information content (AvgIpc) is 2.82. The van der Waals surface area contributed by atoms with Crippen LogP contribution in [0.3, 0.4) is 0 Å². The van der Waals surface area contributed by atoms with E-state index in [4.69, 9.17) is 16.3 Å². The van der Waals surface area contributed by atoms with Gasteiger partial charge in [0.05, 0.1) is 18.2 Å². The lowest BCUT2D eigenvalue weighted by Crippen LogP contribution is -2.25. The van der Waals surface area contributed by atoms with Crippen molar-refractivity contribution in [1.29, 1.82) is 0 Å². The molecule has 2 aromatic carbocycles. The fourth-order valence-electron chi connectivity index (χ4n) is 3.01. The van der Waals surface area contributed by atoms with Gasteiger partial charge in [-0.2, -0.15) is 20.1 Å². The number of hydrogen-bond donors (Lipinski definition) is 2. The Morgan fingerprint density at radius 3 is 2.53 bits per heavy atom. The molecular weight excluding hydrogens is 460 g/mol. The Labute approximate surface area is 202 Å². The van der Waals surface area contributed by atoms with Crippen LogP contribution < -0.4 is 20.4 Å². The summed E-state index contributed by atoms with van der Waals surface area (Å²) in [6.07, 6.45) is 1.43. The van der Waals surface area contributed by atoms with Crippen LogP contribution in [0.15, 0.2) is 41.5 Å². The van der Waals surface area contributed by atoms with Gasteiger partial charge in [-0.3, -0.25) is 10.1 Å². The molecule has 34 heavy (non-hydrogen) atoms. The minimum atomic E-state index is -0.513. The van der Waals surface area contributed by atoms with E-state index < -0.39 is 4.92 Å². The van der Waals surface area contributed by atoms with Gasteiger partial charge in [-0.05, 0) is 50.6 Å². The number of nitro groups is 1. The third-order valence-electron chi connectivity index (χ3n) is 4.88. The summed E-state index contributed by atoms with van der Waals surface area (Å²) >= 11 is 6.23. The van der Waals surface area contributed by atoms with Crippen molar-refractivity contribution in [3.8, 4) is 5.75 Å². The molecule has 3 rings (SSSR count). The second-order valence-corrected chi connectivity index (χ2v) is 7.51. The summed E-state index contributed by atoms with van der Waals surface area (Å²) in [5.41, 5.74) is 4.81. The molecule has 2 N–H and O–H groups in total. The number of nitrogens with zero attached hydrogens (tertiary/aromatic N) is 6. The van der Waals surface area contributed by atoms with Crippen molar-refractivity contribution in [2.75, 3.05) is 35.8 Å². The van der Waals surface area contributed by atoms with Crippen molar-refractivity contribution in [3.05, 3.63) is 62.7 Å². The normalized spacial score (nSPS) is 10.9. The third-order valence-corrected chi connectivity index (χ3v) is 5.28. The fraction of sp³-hybridized carbons (Fsp3) is 0.273. The van der Waals surface area contributed by atoms with Gasteiger partial charge in [-0.1, -0.05) is 17.7 Å². The van der Waals surface area contributed by atoms with Crippen molar-refractivity contribution in [1.82, 2.24) is 15.0 Å². The lowest BCUT2D eigenvalue weighted by molar-refractivity contribution is -0.385. The van der Waals surface area contributed by atoms with E-state index in [1.54, 1.807) is 12.1 Å². The van der Waals surface area contributed by atoms with Gasteiger partial charge in [0, 0.05) is 35.4 Å². The Bertz CT molecular complexity index is 1200. The topological polar surface area (TPSA) is 131 Å². The van der Waals surface area contributed by atoms with Gasteiger partial charge < -0.3 is 15.0 Å². The molecule has 0 saturated carbocycles. The summed E-state index contributed by atoms with van der Waals surface area (Å²) in [7, 11) is 1.38. The van der Waals surface area contributed by atoms with Crippen LogP contribution in [-0.4, -0.2) is 46.3 Å². The van der Waals surface area contributed by atoms with Gasteiger partial charge in [0.25, 0.3) is 0 Å². The van der Waals surface area contributed by atoms with E-state index in [0.717, 1.165) is 11.3 Å². The van der Waals surface area contributed by atoms with E-state index in [1.165, 1.54) is 25.5 Å². The smallest absolute Gasteiger partial charge is 0.311 e. The molecule has 0 fully saturated rings. The first-order chi connectivity index (χ1) is 16.3. The second-order valence-electron chi connectivity index (χ2n) is 7.10. The summed E-state index contributed by atoms with van der Waals surface area (Å²) in [4.78, 5) is 26.0. The quantitative estimate of drug-likeness (QED) is 0.237. The van der Waals surface area contributed by atoms with Gasteiger partial charge in [-0.25, -0.2) is 5.43 Å². The van der Waals surface area contributed by atoms with Crippen LogP contribution in [0.4, 0.5) is 29.2 Å². The maximum atomic E-state index is 11.2. The Kier molecular flexibility index (Phi) is 8.14. The van der Waals surface area contributed by atoms with Gasteiger partial charge in [-0.15, -0.1) is 0 Å². The zero-order valence-electron chi connectivity index (χ0n) is 19.2. The Morgan fingerprint density at radius 2 is 1.88 bits per heavy atom. The number of aromatic nitrogens is 3. The monoisotopic (exact) mass is 484 g/mol. The Morgan fingerprint density at radius 1 is 1.15 bits per heavy atom. The Hall–Kier alpha value is -3.99. The van der Waals surface area contributed by atoms with E-state index in [0.29, 0.717) is 35.6 Å². The molecule has 0 aliphatic rings. The summed E-state index contributed by atoms with van der Waals surface area (Å²) in [5, 5.41) is 19.1. The van der Waals surface area contributed by atoms with Crippen LogP contribution in [0.1, 0.15) is 25.0 Å². The van der Waals surface area contributed by atoms with Crippen LogP contribution >= 0.6 is 11.6 Å². The van der Waals surface area contributed by atoms with Crippen LogP contribution in [0.25, 0.3) is 0 Å². The number of halogens is 1. The summed E-state index contributed by atoms with van der Waals surface area (Å²) < 4.78 is 5.02. The van der Waals surface area contributed by atoms with Crippen molar-refractivity contribution >= 4 is 47.0 Å². The van der Waals surface area contributed by atoms with Gasteiger partial charge in [0.1, 0.15) is 0 Å². The molecular formula is C22H25ClN8O3. The van der Waals surface area contributed by atoms with E-state index in [1.807, 2.05) is 37.8 Å². The molecule has 11 nitrogen and oxygen atoms in total. The highest BCUT2D eigenvalue weighted by molar-refractivity contribution is 6.31. The number of hydrazone groups is 1. The molecule has 0 spiro atoms. The molecule has 178 valence electrons. The number of methoxy groups -OCH3 is 1. The average molecular weight is 485 g/mol. The largest absolute Gasteiger partial charge is 0.490 e. The number of anilines is 4. The van der Waals surface area contributed by atoms with Crippen LogP contribution in [-0.2, 0) is 0 Å². The van der Waals surface area contributed by atoms with Crippen LogP contribution in [0.2, 0.25) is 5.02 Å². The zero-order valence-corrected chi connectivity index (χ0v) is 20.0. The number of nitrogens with one attached hydrogen (secondary N) is 2. The van der Waals surface area contributed by atoms with Crippen molar-refractivity contribution in [2.45, 2.75) is 20.8 Å². The molecule has 0 aliphatic heterocycles. The molecule has 0 atom stereocenters. The van der Waals surface area contributed by atoms with E-state index in [-0.39, 0.29) is 17.4 Å². The fourth-order valence-corrected chi connectivity index (χ4v) is 3.19. The van der Waals surface area contributed by atoms with E-state index >= 15 is 0 Å². The van der Waals surface area contributed by atoms with Crippen molar-refractivity contribution in [3.63, 3.8) is 0 Å². The summed E-state index contributed by atoms with van der Waals surface area (Å²) in [6.45, 7) is 7.33. The first-order valence-corrected chi connectivity index (χ1v) is 10.9. The minimum Gasteiger partial charge on any atom is -0.490 e. The third kappa shape index (κ3) is 6.07. The summed E-state index contributed by atoms with van der Waals surface area (Å²) in [5.74, 6) is 1.16. The molecule has 12 heteroatoms. The number of benzene rings is 2. The van der Waals surface area contributed by atoms with Crippen LogP contribution in [0.5, 0.6) is 5.75 Å². The predicted molar refractivity (Wildman–Crippen MR) is 134 cm³/mol. The molecule has 3 aromatic rings. The molecule has 0 amide bonds. The molecule has 1 heterocycles. The maximum absolute atomic E-state index is 11.2. The SMILES string of the molecule is CCN(CC)c1nc(N/N=C\c2ccc(OC)c([N+](=O)[O-])c2)nc(Nc2ccc(C)c(Cl)c2)n1. The predicted octanol–water partition coefficient (Wildman–Crippen LogP) is 4.79. The maximum Gasteiger partial charge on any atom is 0.311 e. The molecule has 0 aliphatic carbocycles. The molecule has 1 aromatic heterocycles. The number of ether oxygens (including phenoxy) is 1. The second kappa shape index (κ2) is 11.2. The first kappa shape index (κ1) is 24.6. The molecule has 0 bridgehead atoms. The van der Waals surface area contributed by atoms with Gasteiger partial charge >= 0.3 is 5.69 Å². The highest BCUT2D eigenvalue weighted by atomic mass is 35.5. The molecule has 0 saturated heterocycles.